The Kier molecular flexibility index (Phi) is 4.73. The molecular weight excluding hydrogens is 342 g/mol. The van der Waals surface area contributed by atoms with Crippen LogP contribution in [-0.2, 0) is 0 Å². The van der Waals surface area contributed by atoms with Crippen LogP contribution in [0.25, 0.3) is 10.9 Å². The number of aromatic nitrogens is 2. The lowest BCUT2D eigenvalue weighted by Gasteiger charge is -2.13. The molecule has 2 aromatic rings. The Morgan fingerprint density at radius 1 is 1.32 bits per heavy atom. The Labute approximate surface area is 138 Å². The van der Waals surface area contributed by atoms with Crippen molar-refractivity contribution in [1.29, 1.82) is 0 Å². The first-order valence-electron chi connectivity index (χ1n) is 7.27. The van der Waals surface area contributed by atoms with Crippen molar-refractivity contribution in [3.05, 3.63) is 53.2 Å². The van der Waals surface area contributed by atoms with Gasteiger partial charge in [-0.2, -0.15) is 0 Å². The SMILES string of the molecule is CCNc1ncnc2cc(OCC3=C[CH]CC=C3)c(Br)cc12. The molecule has 1 heterocycles. The predicted molar refractivity (Wildman–Crippen MR) is 93.0 cm³/mol. The molecule has 0 atom stereocenters. The summed E-state index contributed by atoms with van der Waals surface area (Å²) in [6.45, 7) is 3.41. The lowest BCUT2D eigenvalue weighted by Crippen LogP contribution is -2.03. The smallest absolute Gasteiger partial charge is 0.137 e. The van der Waals surface area contributed by atoms with E-state index < -0.39 is 0 Å². The fraction of sp³-hybridized carbons (Fsp3) is 0.235. The summed E-state index contributed by atoms with van der Waals surface area (Å²) < 4.78 is 6.82. The van der Waals surface area contributed by atoms with E-state index in [9.17, 15) is 0 Å². The molecule has 113 valence electrons. The van der Waals surface area contributed by atoms with Crippen LogP contribution in [0.2, 0.25) is 0 Å². The van der Waals surface area contributed by atoms with Crippen molar-refractivity contribution in [2.24, 2.45) is 0 Å². The molecule has 3 rings (SSSR count). The van der Waals surface area contributed by atoms with Gasteiger partial charge in [0, 0.05) is 18.0 Å². The molecule has 0 fully saturated rings. The fourth-order valence-electron chi connectivity index (χ4n) is 2.31. The van der Waals surface area contributed by atoms with Crippen LogP contribution in [0.4, 0.5) is 5.82 Å². The second-order valence-electron chi connectivity index (χ2n) is 4.96. The minimum absolute atomic E-state index is 0.544. The standard InChI is InChI=1S/C17H17BrN3O/c1-2-19-17-13-8-14(18)16(9-15(13)20-11-21-17)22-10-12-6-4-3-5-7-12/h4-9,11H,2-3,10H2,1H3,(H,19,20,21). The molecule has 5 heteroatoms. The van der Waals surface area contributed by atoms with Gasteiger partial charge in [0.15, 0.2) is 0 Å². The number of anilines is 1. The van der Waals surface area contributed by atoms with Crippen LogP contribution in [0.3, 0.4) is 0 Å². The van der Waals surface area contributed by atoms with Gasteiger partial charge in [-0.1, -0.05) is 18.2 Å². The molecule has 1 radical (unpaired) electrons. The number of hydrogen-bond donors (Lipinski definition) is 1. The number of ether oxygens (including phenoxy) is 1. The number of rotatable bonds is 5. The van der Waals surface area contributed by atoms with E-state index in [2.05, 4.69) is 55.9 Å². The largest absolute Gasteiger partial charge is 0.488 e. The van der Waals surface area contributed by atoms with Gasteiger partial charge in [-0.05, 0) is 47.3 Å². The van der Waals surface area contributed by atoms with Gasteiger partial charge in [-0.25, -0.2) is 9.97 Å². The first-order chi connectivity index (χ1) is 10.8. The molecule has 0 amide bonds. The molecule has 22 heavy (non-hydrogen) atoms. The lowest BCUT2D eigenvalue weighted by atomic mass is 10.1. The third-order valence-electron chi connectivity index (χ3n) is 3.36. The van der Waals surface area contributed by atoms with Crippen LogP contribution in [-0.4, -0.2) is 23.1 Å². The monoisotopic (exact) mass is 358 g/mol. The molecule has 0 spiro atoms. The third kappa shape index (κ3) is 3.30. The Morgan fingerprint density at radius 2 is 2.23 bits per heavy atom. The van der Waals surface area contributed by atoms with Crippen LogP contribution < -0.4 is 10.1 Å². The normalized spacial score (nSPS) is 14.0. The zero-order valence-corrected chi connectivity index (χ0v) is 13.9. The highest BCUT2D eigenvalue weighted by Gasteiger charge is 2.09. The summed E-state index contributed by atoms with van der Waals surface area (Å²) >= 11 is 3.57. The van der Waals surface area contributed by atoms with Crippen molar-refractivity contribution in [3.8, 4) is 5.75 Å². The highest BCUT2D eigenvalue weighted by atomic mass is 79.9. The number of benzene rings is 1. The van der Waals surface area contributed by atoms with Gasteiger partial charge in [0.1, 0.15) is 24.5 Å². The summed E-state index contributed by atoms with van der Waals surface area (Å²) in [6, 6.07) is 3.94. The zero-order valence-electron chi connectivity index (χ0n) is 12.3. The van der Waals surface area contributed by atoms with E-state index in [-0.39, 0.29) is 0 Å². The fourth-order valence-corrected chi connectivity index (χ4v) is 2.76. The van der Waals surface area contributed by atoms with E-state index in [1.807, 2.05) is 19.1 Å². The minimum Gasteiger partial charge on any atom is -0.488 e. The molecule has 1 aliphatic rings. The summed E-state index contributed by atoms with van der Waals surface area (Å²) in [5.41, 5.74) is 2.03. The number of allylic oxidation sites excluding steroid dienone is 2. The number of halogens is 1. The molecule has 1 aliphatic carbocycles. The Balaban J connectivity index is 1.86. The number of hydrogen-bond acceptors (Lipinski definition) is 4. The molecule has 0 saturated heterocycles. The van der Waals surface area contributed by atoms with Gasteiger partial charge in [0.25, 0.3) is 0 Å². The van der Waals surface area contributed by atoms with Crippen molar-refractivity contribution >= 4 is 32.7 Å². The van der Waals surface area contributed by atoms with E-state index >= 15 is 0 Å². The number of nitrogens with one attached hydrogen (secondary N) is 1. The van der Waals surface area contributed by atoms with Gasteiger partial charge >= 0.3 is 0 Å². The van der Waals surface area contributed by atoms with Gasteiger partial charge in [-0.15, -0.1) is 0 Å². The topological polar surface area (TPSA) is 47.0 Å². The van der Waals surface area contributed by atoms with Crippen LogP contribution in [0, 0.1) is 6.42 Å². The summed E-state index contributed by atoms with van der Waals surface area (Å²) in [5, 5.41) is 4.23. The van der Waals surface area contributed by atoms with E-state index in [1.165, 1.54) is 0 Å². The highest BCUT2D eigenvalue weighted by Crippen LogP contribution is 2.32. The highest BCUT2D eigenvalue weighted by molar-refractivity contribution is 9.10. The summed E-state index contributed by atoms with van der Waals surface area (Å²) in [6.07, 6.45) is 11.0. The molecule has 1 N–H and O–H groups in total. The zero-order chi connectivity index (χ0) is 15.4. The van der Waals surface area contributed by atoms with Crippen molar-refractivity contribution < 1.29 is 4.74 Å². The molecule has 0 saturated carbocycles. The quantitative estimate of drug-likeness (QED) is 0.865. The lowest BCUT2D eigenvalue weighted by molar-refractivity contribution is 0.353. The van der Waals surface area contributed by atoms with Gasteiger partial charge < -0.3 is 10.1 Å². The van der Waals surface area contributed by atoms with Crippen LogP contribution in [0.15, 0.2) is 46.7 Å². The Morgan fingerprint density at radius 3 is 3.00 bits per heavy atom. The summed E-state index contributed by atoms with van der Waals surface area (Å²) in [4.78, 5) is 8.61. The summed E-state index contributed by atoms with van der Waals surface area (Å²) in [7, 11) is 0. The molecule has 0 bridgehead atoms. The maximum Gasteiger partial charge on any atom is 0.137 e. The average molecular weight is 359 g/mol. The van der Waals surface area contributed by atoms with Crippen molar-refractivity contribution in [3.63, 3.8) is 0 Å². The first-order valence-corrected chi connectivity index (χ1v) is 8.07. The van der Waals surface area contributed by atoms with E-state index in [0.29, 0.717) is 6.61 Å². The van der Waals surface area contributed by atoms with Crippen molar-refractivity contribution in [2.75, 3.05) is 18.5 Å². The third-order valence-corrected chi connectivity index (χ3v) is 3.98. The average Bonchev–Trinajstić information content (AvgIpc) is 2.55. The maximum absolute atomic E-state index is 5.92. The second kappa shape index (κ2) is 6.92. The second-order valence-corrected chi connectivity index (χ2v) is 5.81. The predicted octanol–water partition coefficient (Wildman–Crippen LogP) is 4.29. The molecule has 0 aliphatic heterocycles. The molecule has 0 unspecified atom stereocenters. The minimum atomic E-state index is 0.544. The van der Waals surface area contributed by atoms with Crippen molar-refractivity contribution in [1.82, 2.24) is 9.97 Å². The van der Waals surface area contributed by atoms with Gasteiger partial charge in [-0.3, -0.25) is 0 Å². The Hall–Kier alpha value is -1.88. The molecular formula is C17H17BrN3O. The van der Waals surface area contributed by atoms with Crippen LogP contribution in [0.5, 0.6) is 5.75 Å². The van der Waals surface area contributed by atoms with E-state index in [1.54, 1.807) is 6.33 Å². The number of nitrogens with zero attached hydrogens (tertiary/aromatic N) is 2. The Bertz CT molecular complexity index is 740. The van der Waals surface area contributed by atoms with Gasteiger partial charge in [0.05, 0.1) is 9.99 Å². The van der Waals surface area contributed by atoms with E-state index in [4.69, 9.17) is 4.74 Å². The molecule has 4 nitrogen and oxygen atoms in total. The maximum atomic E-state index is 5.92. The van der Waals surface area contributed by atoms with Crippen LogP contribution in [0.1, 0.15) is 13.3 Å². The van der Waals surface area contributed by atoms with E-state index in [0.717, 1.165) is 45.5 Å². The van der Waals surface area contributed by atoms with Crippen molar-refractivity contribution in [2.45, 2.75) is 13.3 Å². The van der Waals surface area contributed by atoms with Crippen LogP contribution >= 0.6 is 15.9 Å². The molecule has 1 aromatic heterocycles. The summed E-state index contributed by atoms with van der Waals surface area (Å²) in [5.74, 6) is 1.63. The number of fused-ring (bicyclic) bond motifs is 1. The molecule has 1 aromatic carbocycles. The van der Waals surface area contributed by atoms with Gasteiger partial charge in [0.2, 0.25) is 0 Å². The first kappa shape index (κ1) is 15.0.